The highest BCUT2D eigenvalue weighted by molar-refractivity contribution is 5.95. The highest BCUT2D eigenvalue weighted by Gasteiger charge is 2.24. The van der Waals surface area contributed by atoms with Crippen molar-refractivity contribution in [2.24, 2.45) is 0 Å². The molecule has 1 aromatic heterocycles. The number of aromatic nitrogens is 1. The fraction of sp³-hybridized carbons (Fsp3) is 0.375. The van der Waals surface area contributed by atoms with Gasteiger partial charge in [0.2, 0.25) is 0 Å². The molecule has 2 unspecified atom stereocenters. The van der Waals surface area contributed by atoms with Gasteiger partial charge in [-0.05, 0) is 31.9 Å². The lowest BCUT2D eigenvalue weighted by molar-refractivity contribution is 0.0709. The molecule has 1 saturated heterocycles. The molecule has 0 bridgehead atoms. The average Bonchev–Trinajstić information content (AvgIpc) is 3.01. The quantitative estimate of drug-likeness (QED) is 0.932. The van der Waals surface area contributed by atoms with Crippen molar-refractivity contribution < 1.29 is 9.53 Å². The summed E-state index contributed by atoms with van der Waals surface area (Å²) in [5.74, 6) is -0.140. The van der Waals surface area contributed by atoms with Crippen LogP contribution in [0.15, 0.2) is 36.4 Å². The smallest absolute Gasteiger partial charge is 0.270 e. The van der Waals surface area contributed by atoms with Crippen molar-refractivity contribution in [3.05, 3.63) is 42.1 Å². The van der Waals surface area contributed by atoms with Crippen LogP contribution in [0.1, 0.15) is 30.3 Å². The molecule has 1 N–H and O–H groups in total. The highest BCUT2D eigenvalue weighted by atomic mass is 16.5. The SMILES string of the molecule is CC(NC(=O)c1ccc2ccccc2n1)C1CCCO1. The number of hydrogen-bond acceptors (Lipinski definition) is 3. The molecule has 0 saturated carbocycles. The maximum absolute atomic E-state index is 12.2. The topological polar surface area (TPSA) is 51.2 Å². The predicted molar refractivity (Wildman–Crippen MR) is 77.6 cm³/mol. The van der Waals surface area contributed by atoms with Crippen LogP contribution >= 0.6 is 0 Å². The van der Waals surface area contributed by atoms with Crippen molar-refractivity contribution in [1.29, 1.82) is 0 Å². The van der Waals surface area contributed by atoms with Crippen molar-refractivity contribution in [3.63, 3.8) is 0 Å². The second kappa shape index (κ2) is 5.59. The minimum atomic E-state index is -0.140. The first-order valence-corrected chi connectivity index (χ1v) is 7.02. The Morgan fingerprint density at radius 1 is 1.35 bits per heavy atom. The van der Waals surface area contributed by atoms with E-state index < -0.39 is 0 Å². The number of pyridine rings is 1. The van der Waals surface area contributed by atoms with E-state index in [0.29, 0.717) is 5.69 Å². The summed E-state index contributed by atoms with van der Waals surface area (Å²) in [5.41, 5.74) is 1.29. The van der Waals surface area contributed by atoms with Crippen LogP contribution in [0.5, 0.6) is 0 Å². The van der Waals surface area contributed by atoms with Gasteiger partial charge in [-0.2, -0.15) is 0 Å². The number of rotatable bonds is 3. The molecular formula is C16H18N2O2. The van der Waals surface area contributed by atoms with Crippen LogP contribution in [0.3, 0.4) is 0 Å². The second-order valence-electron chi connectivity index (χ2n) is 5.20. The number of fused-ring (bicyclic) bond motifs is 1. The van der Waals surface area contributed by atoms with Gasteiger partial charge in [-0.25, -0.2) is 4.98 Å². The van der Waals surface area contributed by atoms with Gasteiger partial charge >= 0.3 is 0 Å². The molecule has 4 heteroatoms. The number of para-hydroxylation sites is 1. The van der Waals surface area contributed by atoms with E-state index in [1.54, 1.807) is 6.07 Å². The monoisotopic (exact) mass is 270 g/mol. The van der Waals surface area contributed by atoms with E-state index in [9.17, 15) is 4.79 Å². The standard InChI is InChI=1S/C16H18N2O2/c1-11(15-7-4-10-20-15)17-16(19)14-9-8-12-5-2-3-6-13(12)18-14/h2-3,5-6,8-9,11,15H,4,7,10H2,1H3,(H,17,19). The Balaban J connectivity index is 1.74. The zero-order valence-corrected chi connectivity index (χ0v) is 11.5. The van der Waals surface area contributed by atoms with Gasteiger partial charge in [0.1, 0.15) is 5.69 Å². The molecule has 2 heterocycles. The van der Waals surface area contributed by atoms with Gasteiger partial charge in [0.05, 0.1) is 17.7 Å². The predicted octanol–water partition coefficient (Wildman–Crippen LogP) is 2.53. The largest absolute Gasteiger partial charge is 0.376 e. The molecule has 0 aliphatic carbocycles. The first-order chi connectivity index (χ1) is 9.74. The number of nitrogens with zero attached hydrogens (tertiary/aromatic N) is 1. The number of ether oxygens (including phenoxy) is 1. The lowest BCUT2D eigenvalue weighted by atomic mass is 10.1. The Bertz CT molecular complexity index is 621. The number of hydrogen-bond donors (Lipinski definition) is 1. The summed E-state index contributed by atoms with van der Waals surface area (Å²) in [7, 11) is 0. The number of benzene rings is 1. The summed E-state index contributed by atoms with van der Waals surface area (Å²) in [6, 6.07) is 11.5. The van der Waals surface area contributed by atoms with E-state index in [0.717, 1.165) is 30.4 Å². The van der Waals surface area contributed by atoms with E-state index in [4.69, 9.17) is 4.74 Å². The minimum Gasteiger partial charge on any atom is -0.376 e. The maximum atomic E-state index is 12.2. The molecule has 2 atom stereocenters. The van der Waals surface area contributed by atoms with E-state index in [2.05, 4.69) is 10.3 Å². The first kappa shape index (κ1) is 13.1. The van der Waals surface area contributed by atoms with Crippen molar-refractivity contribution in [1.82, 2.24) is 10.3 Å². The van der Waals surface area contributed by atoms with Gasteiger partial charge in [0, 0.05) is 12.0 Å². The van der Waals surface area contributed by atoms with E-state index in [1.165, 1.54) is 0 Å². The molecule has 3 rings (SSSR count). The van der Waals surface area contributed by atoms with E-state index >= 15 is 0 Å². The lowest BCUT2D eigenvalue weighted by Gasteiger charge is -2.19. The third-order valence-corrected chi connectivity index (χ3v) is 3.71. The summed E-state index contributed by atoms with van der Waals surface area (Å²) in [6.45, 7) is 2.77. The molecule has 104 valence electrons. The fourth-order valence-corrected chi connectivity index (χ4v) is 2.56. The van der Waals surface area contributed by atoms with E-state index in [-0.39, 0.29) is 18.1 Å². The van der Waals surface area contributed by atoms with Gasteiger partial charge in [0.15, 0.2) is 0 Å². The van der Waals surface area contributed by atoms with Gasteiger partial charge in [0.25, 0.3) is 5.91 Å². The van der Waals surface area contributed by atoms with Gasteiger partial charge in [-0.3, -0.25) is 4.79 Å². The van der Waals surface area contributed by atoms with Crippen LogP contribution in [0, 0.1) is 0 Å². The number of amides is 1. The Morgan fingerprint density at radius 2 is 2.20 bits per heavy atom. The van der Waals surface area contributed by atoms with Crippen LogP contribution in [0.2, 0.25) is 0 Å². The number of carbonyl (C=O) groups excluding carboxylic acids is 1. The maximum Gasteiger partial charge on any atom is 0.270 e. The van der Waals surface area contributed by atoms with Crippen LogP contribution in [-0.4, -0.2) is 29.6 Å². The Kier molecular flexibility index (Phi) is 3.65. The zero-order valence-electron chi connectivity index (χ0n) is 11.5. The van der Waals surface area contributed by atoms with Gasteiger partial charge < -0.3 is 10.1 Å². The third-order valence-electron chi connectivity index (χ3n) is 3.71. The van der Waals surface area contributed by atoms with Crippen molar-refractivity contribution in [2.75, 3.05) is 6.61 Å². The lowest BCUT2D eigenvalue weighted by Crippen LogP contribution is -2.41. The van der Waals surface area contributed by atoms with Crippen molar-refractivity contribution in [3.8, 4) is 0 Å². The molecule has 1 amide bonds. The summed E-state index contributed by atoms with van der Waals surface area (Å²) in [6.07, 6.45) is 2.20. The molecule has 1 aliphatic rings. The summed E-state index contributed by atoms with van der Waals surface area (Å²) in [5, 5.41) is 4.01. The third kappa shape index (κ3) is 2.65. The van der Waals surface area contributed by atoms with Crippen LogP contribution in [0.4, 0.5) is 0 Å². The average molecular weight is 270 g/mol. The fourth-order valence-electron chi connectivity index (χ4n) is 2.56. The Hall–Kier alpha value is -1.94. The van der Waals surface area contributed by atoms with Gasteiger partial charge in [-0.15, -0.1) is 0 Å². The van der Waals surface area contributed by atoms with Gasteiger partial charge in [-0.1, -0.05) is 24.3 Å². The summed E-state index contributed by atoms with van der Waals surface area (Å²) < 4.78 is 5.59. The highest BCUT2D eigenvalue weighted by Crippen LogP contribution is 2.16. The molecule has 1 aliphatic heterocycles. The molecule has 20 heavy (non-hydrogen) atoms. The van der Waals surface area contributed by atoms with Crippen LogP contribution in [-0.2, 0) is 4.74 Å². The Labute approximate surface area is 118 Å². The van der Waals surface area contributed by atoms with Crippen molar-refractivity contribution in [2.45, 2.75) is 31.9 Å². The summed E-state index contributed by atoms with van der Waals surface area (Å²) >= 11 is 0. The number of nitrogens with one attached hydrogen (secondary N) is 1. The van der Waals surface area contributed by atoms with Crippen LogP contribution < -0.4 is 5.32 Å². The summed E-state index contributed by atoms with van der Waals surface area (Å²) in [4.78, 5) is 16.6. The molecule has 0 radical (unpaired) electrons. The van der Waals surface area contributed by atoms with Crippen LogP contribution in [0.25, 0.3) is 10.9 Å². The molecule has 4 nitrogen and oxygen atoms in total. The van der Waals surface area contributed by atoms with Crippen molar-refractivity contribution >= 4 is 16.8 Å². The molecule has 0 spiro atoms. The molecular weight excluding hydrogens is 252 g/mol. The normalized spacial score (nSPS) is 19.9. The molecule has 2 aromatic rings. The Morgan fingerprint density at radius 3 is 3.00 bits per heavy atom. The first-order valence-electron chi connectivity index (χ1n) is 7.02. The second-order valence-corrected chi connectivity index (χ2v) is 5.20. The minimum absolute atomic E-state index is 0.0123. The molecule has 1 fully saturated rings. The zero-order chi connectivity index (χ0) is 13.9. The van der Waals surface area contributed by atoms with E-state index in [1.807, 2.05) is 37.3 Å². The number of carbonyl (C=O) groups is 1. The molecule has 1 aromatic carbocycles.